The number of para-hydroxylation sites is 1. The van der Waals surface area contributed by atoms with E-state index < -0.39 is 41.2 Å². The molecule has 0 spiro atoms. The van der Waals surface area contributed by atoms with Gasteiger partial charge in [-0.05, 0) is 30.2 Å². The molecule has 2 atom stereocenters. The highest BCUT2D eigenvalue weighted by Gasteiger charge is 2.28. The monoisotopic (exact) mass is 405 g/mol. The molecule has 154 valence electrons. The molecule has 0 saturated heterocycles. The van der Waals surface area contributed by atoms with Gasteiger partial charge in [-0.1, -0.05) is 30.3 Å². The number of benzene rings is 2. The molecule has 11 nitrogen and oxygen atoms in total. The molecule has 0 aliphatic rings. The van der Waals surface area contributed by atoms with E-state index in [1.54, 1.807) is 0 Å². The van der Waals surface area contributed by atoms with Crippen molar-refractivity contribution in [3.8, 4) is 5.75 Å². The molecule has 0 aliphatic carbocycles. The molecule has 2 aromatic carbocycles. The molecule has 0 fully saturated rings. The van der Waals surface area contributed by atoms with Crippen LogP contribution in [0.25, 0.3) is 0 Å². The van der Waals surface area contributed by atoms with Gasteiger partial charge in [0.15, 0.2) is 0 Å². The second kappa shape index (κ2) is 9.50. The summed E-state index contributed by atoms with van der Waals surface area (Å²) in [7, 11) is 0. The number of carbonyl (C=O) groups is 3. The molecular formula is C18H17N2O9-. The van der Waals surface area contributed by atoms with Gasteiger partial charge < -0.3 is 35.9 Å². The number of rotatable bonds is 8. The zero-order valence-corrected chi connectivity index (χ0v) is 14.8. The van der Waals surface area contributed by atoms with E-state index in [0.29, 0.717) is 5.56 Å². The summed E-state index contributed by atoms with van der Waals surface area (Å²) in [4.78, 5) is 34.2. The van der Waals surface area contributed by atoms with Crippen LogP contribution in [0.3, 0.4) is 0 Å². The van der Waals surface area contributed by atoms with Crippen LogP contribution in [0.1, 0.15) is 17.2 Å². The van der Waals surface area contributed by atoms with Gasteiger partial charge in [0.25, 0.3) is 0 Å². The lowest BCUT2D eigenvalue weighted by Gasteiger charge is -2.26. The minimum absolute atomic E-state index is 0.00711. The fourth-order valence-electron chi connectivity index (χ4n) is 2.38. The van der Waals surface area contributed by atoms with E-state index in [1.165, 1.54) is 42.5 Å². The maximum Gasteiger partial charge on any atom is 0.515 e. The fraction of sp³-hybridized carbons (Fsp3) is 0.167. The molecule has 1 unspecified atom stereocenters. The third kappa shape index (κ3) is 5.90. The summed E-state index contributed by atoms with van der Waals surface area (Å²) < 4.78 is 9.68. The number of ether oxygens (including phenoxy) is 2. The molecule has 29 heavy (non-hydrogen) atoms. The van der Waals surface area contributed by atoms with Crippen molar-refractivity contribution in [2.24, 2.45) is 5.73 Å². The van der Waals surface area contributed by atoms with Gasteiger partial charge in [-0.15, -0.1) is 0 Å². The number of carboxylic acid groups (broad SMARTS) is 2. The maximum atomic E-state index is 12.0. The zero-order valence-electron chi connectivity index (χ0n) is 14.8. The van der Waals surface area contributed by atoms with Crippen LogP contribution in [0.2, 0.25) is 0 Å². The zero-order chi connectivity index (χ0) is 21.6. The number of hydrogen-bond donors (Lipinski definition) is 4. The van der Waals surface area contributed by atoms with Crippen LogP contribution in [0.5, 0.6) is 5.75 Å². The standard InChI is InChI=1S/C18H17N2O9/c19-13(16(21)22)9-10-5-7-11(8-6-10)28-18(25)29-15(17(23)24)12-3-1-2-4-14(12)20(26)27/h1-8,13,15,26H,9,19H2,(H,21,22)(H,23,24)/q-1/t13-,15?/m1/s1. The van der Waals surface area contributed by atoms with Gasteiger partial charge in [-0.2, -0.15) is 0 Å². The lowest BCUT2D eigenvalue weighted by Crippen LogP contribution is -2.32. The molecule has 0 amide bonds. The number of aliphatic carboxylic acids is 2. The smallest absolute Gasteiger partial charge is 0.515 e. The Kier molecular flexibility index (Phi) is 7.09. The van der Waals surface area contributed by atoms with Crippen molar-refractivity contribution in [3.05, 3.63) is 64.9 Å². The molecule has 0 saturated carbocycles. The van der Waals surface area contributed by atoms with Crippen LogP contribution in [0.4, 0.5) is 10.5 Å². The largest absolute Gasteiger partial charge is 0.733 e. The maximum absolute atomic E-state index is 12.0. The average molecular weight is 405 g/mol. The Hall–Kier alpha value is -3.67. The van der Waals surface area contributed by atoms with Gasteiger partial charge in [0, 0.05) is 5.56 Å². The third-order valence-corrected chi connectivity index (χ3v) is 3.76. The molecular weight excluding hydrogens is 388 g/mol. The number of hydrogen-bond acceptors (Lipinski definition) is 9. The minimum atomic E-state index is -1.91. The quantitative estimate of drug-likeness (QED) is 0.285. The minimum Gasteiger partial charge on any atom is -0.733 e. The molecule has 2 rings (SSSR count). The molecule has 0 aromatic heterocycles. The number of nitrogens with zero attached hydrogens (tertiary/aromatic N) is 1. The number of carbonyl (C=O) groups excluding carboxylic acids is 1. The molecule has 2 aromatic rings. The van der Waals surface area contributed by atoms with Crippen LogP contribution in [0.15, 0.2) is 48.5 Å². The first-order valence-corrected chi connectivity index (χ1v) is 8.12. The lowest BCUT2D eigenvalue weighted by atomic mass is 10.1. The van der Waals surface area contributed by atoms with Gasteiger partial charge in [-0.3, -0.25) is 10.0 Å². The Balaban J connectivity index is 2.08. The number of anilines is 1. The van der Waals surface area contributed by atoms with E-state index >= 15 is 0 Å². The average Bonchev–Trinajstić information content (AvgIpc) is 2.67. The molecule has 0 bridgehead atoms. The Morgan fingerprint density at radius 2 is 1.66 bits per heavy atom. The number of nitrogens with two attached hydrogens (primary N) is 1. The fourth-order valence-corrected chi connectivity index (χ4v) is 2.38. The van der Waals surface area contributed by atoms with Gasteiger partial charge >= 0.3 is 18.1 Å². The molecule has 5 N–H and O–H groups in total. The Bertz CT molecular complexity index is 883. The summed E-state index contributed by atoms with van der Waals surface area (Å²) in [5.74, 6) is -2.74. The first-order valence-electron chi connectivity index (χ1n) is 8.12. The van der Waals surface area contributed by atoms with Crippen molar-refractivity contribution in [2.75, 3.05) is 5.23 Å². The van der Waals surface area contributed by atoms with Crippen molar-refractivity contribution in [2.45, 2.75) is 18.6 Å². The van der Waals surface area contributed by atoms with E-state index in [-0.39, 0.29) is 17.7 Å². The summed E-state index contributed by atoms with van der Waals surface area (Å²) in [5.41, 5.74) is 5.35. The predicted molar refractivity (Wildman–Crippen MR) is 97.3 cm³/mol. The van der Waals surface area contributed by atoms with Crippen molar-refractivity contribution in [1.29, 1.82) is 0 Å². The Morgan fingerprint density at radius 3 is 2.21 bits per heavy atom. The topological polar surface area (TPSA) is 183 Å². The highest BCUT2D eigenvalue weighted by molar-refractivity contribution is 5.80. The highest BCUT2D eigenvalue weighted by atomic mass is 16.8. The molecule has 0 aliphatic heterocycles. The van der Waals surface area contributed by atoms with E-state index in [0.717, 1.165) is 6.07 Å². The van der Waals surface area contributed by atoms with E-state index in [9.17, 15) is 24.7 Å². The second-order valence-electron chi connectivity index (χ2n) is 5.81. The summed E-state index contributed by atoms with van der Waals surface area (Å²) >= 11 is 0. The van der Waals surface area contributed by atoms with Crippen LogP contribution in [-0.4, -0.2) is 39.6 Å². The van der Waals surface area contributed by atoms with Crippen molar-refractivity contribution >= 4 is 23.8 Å². The molecule has 0 radical (unpaired) electrons. The van der Waals surface area contributed by atoms with Gasteiger partial charge in [0.1, 0.15) is 11.8 Å². The number of carboxylic acids is 2. The first kappa shape index (κ1) is 21.6. The van der Waals surface area contributed by atoms with Gasteiger partial charge in [0.05, 0.1) is 5.69 Å². The van der Waals surface area contributed by atoms with E-state index in [4.69, 9.17) is 25.5 Å². The molecule has 11 heteroatoms. The van der Waals surface area contributed by atoms with Gasteiger partial charge in [0.2, 0.25) is 6.10 Å². The first-order chi connectivity index (χ1) is 13.7. The van der Waals surface area contributed by atoms with E-state index in [2.05, 4.69) is 0 Å². The van der Waals surface area contributed by atoms with Crippen molar-refractivity contribution in [1.82, 2.24) is 0 Å². The van der Waals surface area contributed by atoms with Gasteiger partial charge in [-0.25, -0.2) is 9.59 Å². The van der Waals surface area contributed by atoms with Crippen LogP contribution in [0, 0.1) is 5.21 Å². The SMILES string of the molecule is N[C@H](Cc1ccc(OC(=O)OC(C(=O)O)c2ccccc2N([O-])O)cc1)C(=O)O. The molecule has 0 heterocycles. The Morgan fingerprint density at radius 1 is 1.03 bits per heavy atom. The highest BCUT2D eigenvalue weighted by Crippen LogP contribution is 2.28. The summed E-state index contributed by atoms with van der Waals surface area (Å²) in [6.45, 7) is 0. The van der Waals surface area contributed by atoms with E-state index in [1.807, 2.05) is 0 Å². The van der Waals surface area contributed by atoms with Crippen LogP contribution in [-0.2, 0) is 20.7 Å². The third-order valence-electron chi connectivity index (χ3n) is 3.76. The summed E-state index contributed by atoms with van der Waals surface area (Å²) in [6, 6.07) is 9.70. The lowest BCUT2D eigenvalue weighted by molar-refractivity contribution is -0.148. The van der Waals surface area contributed by atoms with Crippen molar-refractivity contribution in [3.63, 3.8) is 0 Å². The summed E-state index contributed by atoms with van der Waals surface area (Å²) in [5, 5.41) is 37.9. The predicted octanol–water partition coefficient (Wildman–Crippen LogP) is 1.68. The van der Waals surface area contributed by atoms with Crippen molar-refractivity contribution < 1.29 is 39.3 Å². The summed E-state index contributed by atoms with van der Waals surface area (Å²) in [6.07, 6.45) is -3.21. The van der Waals surface area contributed by atoms with Crippen LogP contribution < -0.4 is 15.7 Å². The normalized spacial score (nSPS) is 12.5. The van der Waals surface area contributed by atoms with Crippen LogP contribution >= 0.6 is 0 Å². The second-order valence-corrected chi connectivity index (χ2v) is 5.81. The Labute approximate surface area is 164 Å².